The standard InChI is InChI=1S/C15H13F2N5OS/c16-11-3-4-24-13(11)14(23)20-10-5-15(17,6-10)8-19-12-2-1-9(7-18)21-22-12/h1-4,10H,5-6,8H2,(H,19,22)(H,20,23). The fourth-order valence-corrected chi connectivity index (χ4v) is 3.18. The van der Waals surface area contributed by atoms with Crippen LogP contribution in [0.25, 0.3) is 0 Å². The molecule has 1 aliphatic rings. The summed E-state index contributed by atoms with van der Waals surface area (Å²) in [7, 11) is 0. The number of hydrogen-bond acceptors (Lipinski definition) is 6. The molecular formula is C15H13F2N5OS. The molecule has 0 spiro atoms. The SMILES string of the molecule is N#Cc1ccc(NCC2(F)CC(NC(=O)c3sccc3F)C2)nn1. The molecular weight excluding hydrogens is 336 g/mol. The highest BCUT2D eigenvalue weighted by atomic mass is 32.1. The van der Waals surface area contributed by atoms with Gasteiger partial charge in [-0.2, -0.15) is 5.26 Å². The van der Waals surface area contributed by atoms with Gasteiger partial charge in [0.1, 0.15) is 28.3 Å². The summed E-state index contributed by atoms with van der Waals surface area (Å²) < 4.78 is 27.8. The average molecular weight is 349 g/mol. The maximum Gasteiger partial charge on any atom is 0.264 e. The lowest BCUT2D eigenvalue weighted by molar-refractivity contribution is 0.0394. The molecule has 1 aliphatic carbocycles. The number of halogens is 2. The molecule has 2 aromatic heterocycles. The maximum absolute atomic E-state index is 14.5. The second-order valence-corrected chi connectivity index (χ2v) is 6.51. The molecule has 0 unspecified atom stereocenters. The summed E-state index contributed by atoms with van der Waals surface area (Å²) in [5, 5.41) is 23.0. The molecule has 1 amide bonds. The number of nitrogens with zero attached hydrogens (tertiary/aromatic N) is 3. The molecule has 9 heteroatoms. The van der Waals surface area contributed by atoms with Crippen molar-refractivity contribution in [3.63, 3.8) is 0 Å². The number of nitriles is 1. The molecule has 2 heterocycles. The molecule has 1 fully saturated rings. The molecule has 1 saturated carbocycles. The van der Waals surface area contributed by atoms with Crippen LogP contribution in [0.15, 0.2) is 23.6 Å². The van der Waals surface area contributed by atoms with Gasteiger partial charge < -0.3 is 10.6 Å². The molecule has 0 radical (unpaired) electrons. The summed E-state index contributed by atoms with van der Waals surface area (Å²) in [6.07, 6.45) is 0.283. The van der Waals surface area contributed by atoms with Gasteiger partial charge >= 0.3 is 0 Å². The maximum atomic E-state index is 14.5. The summed E-state index contributed by atoms with van der Waals surface area (Å²) in [5.41, 5.74) is -1.29. The van der Waals surface area contributed by atoms with Crippen molar-refractivity contribution in [3.8, 4) is 6.07 Å². The van der Waals surface area contributed by atoms with Gasteiger partial charge in [-0.3, -0.25) is 4.79 Å². The lowest BCUT2D eigenvalue weighted by Crippen LogP contribution is -2.55. The van der Waals surface area contributed by atoms with E-state index in [-0.39, 0.29) is 36.0 Å². The van der Waals surface area contributed by atoms with Gasteiger partial charge in [0.2, 0.25) is 0 Å². The van der Waals surface area contributed by atoms with E-state index < -0.39 is 17.4 Å². The van der Waals surface area contributed by atoms with Crippen LogP contribution in [0.5, 0.6) is 0 Å². The van der Waals surface area contributed by atoms with Crippen LogP contribution < -0.4 is 10.6 Å². The van der Waals surface area contributed by atoms with Crippen molar-refractivity contribution in [2.24, 2.45) is 0 Å². The minimum Gasteiger partial charge on any atom is -0.365 e. The Kier molecular flexibility index (Phi) is 4.40. The number of carbonyl (C=O) groups is 1. The minimum absolute atomic E-state index is 0.0114. The van der Waals surface area contributed by atoms with Crippen LogP contribution in [0.4, 0.5) is 14.6 Å². The van der Waals surface area contributed by atoms with Crippen LogP contribution in [0.3, 0.4) is 0 Å². The summed E-state index contributed by atoms with van der Waals surface area (Å²) in [5.74, 6) is -0.705. The number of carbonyl (C=O) groups excluding carboxylic acids is 1. The first-order chi connectivity index (χ1) is 11.5. The lowest BCUT2D eigenvalue weighted by Gasteiger charge is -2.41. The third kappa shape index (κ3) is 3.49. The zero-order valence-electron chi connectivity index (χ0n) is 12.4. The monoisotopic (exact) mass is 349 g/mol. The molecule has 24 heavy (non-hydrogen) atoms. The highest BCUT2D eigenvalue weighted by Crippen LogP contribution is 2.36. The fourth-order valence-electron chi connectivity index (χ4n) is 2.51. The first-order valence-electron chi connectivity index (χ1n) is 7.19. The van der Waals surface area contributed by atoms with Crippen LogP contribution in [-0.4, -0.2) is 34.4 Å². The second-order valence-electron chi connectivity index (χ2n) is 5.60. The zero-order chi connectivity index (χ0) is 17.2. The van der Waals surface area contributed by atoms with Crippen LogP contribution in [0.2, 0.25) is 0 Å². The molecule has 2 aromatic rings. The number of hydrogen-bond donors (Lipinski definition) is 2. The molecule has 124 valence electrons. The Morgan fingerprint density at radius 3 is 2.79 bits per heavy atom. The molecule has 0 bridgehead atoms. The van der Waals surface area contributed by atoms with E-state index in [9.17, 15) is 13.6 Å². The van der Waals surface area contributed by atoms with Gasteiger partial charge in [0.25, 0.3) is 5.91 Å². The van der Waals surface area contributed by atoms with E-state index in [0.717, 1.165) is 11.3 Å². The van der Waals surface area contributed by atoms with Crippen molar-refractivity contribution in [2.75, 3.05) is 11.9 Å². The minimum atomic E-state index is -1.47. The number of rotatable bonds is 5. The Balaban J connectivity index is 1.47. The number of anilines is 1. The van der Waals surface area contributed by atoms with Gasteiger partial charge in [-0.25, -0.2) is 8.78 Å². The smallest absolute Gasteiger partial charge is 0.264 e. The van der Waals surface area contributed by atoms with E-state index in [0.29, 0.717) is 5.82 Å². The summed E-state index contributed by atoms with van der Waals surface area (Å²) in [6.45, 7) is 0.0211. The summed E-state index contributed by atoms with van der Waals surface area (Å²) in [6, 6.07) is 5.78. The van der Waals surface area contributed by atoms with Crippen molar-refractivity contribution in [2.45, 2.75) is 24.6 Å². The van der Waals surface area contributed by atoms with Gasteiger partial charge in [0.05, 0.1) is 6.54 Å². The number of amides is 1. The quantitative estimate of drug-likeness (QED) is 0.864. The van der Waals surface area contributed by atoms with E-state index in [2.05, 4.69) is 20.8 Å². The third-order valence-corrected chi connectivity index (χ3v) is 4.64. The Morgan fingerprint density at radius 1 is 1.42 bits per heavy atom. The number of thiophene rings is 1. The van der Waals surface area contributed by atoms with E-state index >= 15 is 0 Å². The van der Waals surface area contributed by atoms with Crippen LogP contribution >= 0.6 is 11.3 Å². The largest absolute Gasteiger partial charge is 0.365 e. The Morgan fingerprint density at radius 2 is 2.21 bits per heavy atom. The second kappa shape index (κ2) is 6.49. The van der Waals surface area contributed by atoms with Crippen molar-refractivity contribution < 1.29 is 13.6 Å². The van der Waals surface area contributed by atoms with E-state index in [1.807, 2.05) is 6.07 Å². The Bertz CT molecular complexity index is 780. The zero-order valence-corrected chi connectivity index (χ0v) is 13.2. The van der Waals surface area contributed by atoms with Crippen LogP contribution in [-0.2, 0) is 0 Å². The van der Waals surface area contributed by atoms with E-state index in [4.69, 9.17) is 5.26 Å². The van der Waals surface area contributed by atoms with Gasteiger partial charge in [0.15, 0.2) is 5.69 Å². The first-order valence-corrected chi connectivity index (χ1v) is 8.07. The van der Waals surface area contributed by atoms with E-state index in [1.54, 1.807) is 6.07 Å². The predicted octanol–water partition coefficient (Wildman–Crippen LogP) is 2.26. The highest BCUT2D eigenvalue weighted by Gasteiger charge is 2.45. The molecule has 0 aromatic carbocycles. The Hall–Kier alpha value is -2.60. The molecule has 2 N–H and O–H groups in total. The predicted molar refractivity (Wildman–Crippen MR) is 83.8 cm³/mol. The van der Waals surface area contributed by atoms with Gasteiger partial charge in [-0.15, -0.1) is 21.5 Å². The number of aromatic nitrogens is 2. The van der Waals surface area contributed by atoms with Crippen molar-refractivity contribution >= 4 is 23.1 Å². The van der Waals surface area contributed by atoms with Crippen LogP contribution in [0.1, 0.15) is 28.2 Å². The normalized spacial score (nSPS) is 22.3. The molecule has 6 nitrogen and oxygen atoms in total. The number of alkyl halides is 1. The lowest BCUT2D eigenvalue weighted by atomic mass is 9.77. The first kappa shape index (κ1) is 16.3. The van der Waals surface area contributed by atoms with E-state index in [1.165, 1.54) is 17.5 Å². The molecule has 0 aliphatic heterocycles. The molecule has 0 saturated heterocycles. The van der Waals surface area contributed by atoms with Crippen LogP contribution in [0, 0.1) is 17.1 Å². The average Bonchev–Trinajstić information content (AvgIpc) is 2.98. The summed E-state index contributed by atoms with van der Waals surface area (Å²) >= 11 is 1.01. The van der Waals surface area contributed by atoms with Gasteiger partial charge in [-0.05, 0) is 23.6 Å². The third-order valence-electron chi connectivity index (χ3n) is 3.75. The summed E-state index contributed by atoms with van der Waals surface area (Å²) in [4.78, 5) is 11.9. The van der Waals surface area contributed by atoms with Gasteiger partial charge in [0, 0.05) is 18.9 Å². The fraction of sp³-hybridized carbons (Fsp3) is 0.333. The Labute approximate surface area is 140 Å². The van der Waals surface area contributed by atoms with Crippen molar-refractivity contribution in [1.82, 2.24) is 15.5 Å². The topological polar surface area (TPSA) is 90.7 Å². The van der Waals surface area contributed by atoms with Crippen molar-refractivity contribution in [1.29, 1.82) is 5.26 Å². The van der Waals surface area contributed by atoms with Gasteiger partial charge in [-0.1, -0.05) is 0 Å². The molecule has 0 atom stereocenters. The molecule has 3 rings (SSSR count). The number of nitrogens with one attached hydrogen (secondary N) is 2. The highest BCUT2D eigenvalue weighted by molar-refractivity contribution is 7.12. The van der Waals surface area contributed by atoms with Crippen molar-refractivity contribution in [3.05, 3.63) is 40.0 Å².